The van der Waals surface area contributed by atoms with E-state index in [0.29, 0.717) is 5.92 Å². The molecule has 4 aromatic heterocycles. The van der Waals surface area contributed by atoms with Gasteiger partial charge in [0.2, 0.25) is 0 Å². The third kappa shape index (κ3) is 3.46. The van der Waals surface area contributed by atoms with E-state index in [9.17, 15) is 0 Å². The zero-order valence-corrected chi connectivity index (χ0v) is 15.5. The number of hydrogen-bond acceptors (Lipinski definition) is 5. The molecular formula is C22H21N5O. The van der Waals surface area contributed by atoms with E-state index < -0.39 is 0 Å². The summed E-state index contributed by atoms with van der Waals surface area (Å²) in [5, 5.41) is 6.92. The van der Waals surface area contributed by atoms with Crippen LogP contribution in [-0.4, -0.2) is 38.2 Å². The predicted molar refractivity (Wildman–Crippen MR) is 106 cm³/mol. The fourth-order valence-electron chi connectivity index (χ4n) is 3.85. The van der Waals surface area contributed by atoms with Crippen molar-refractivity contribution in [2.75, 3.05) is 13.1 Å². The van der Waals surface area contributed by atoms with Crippen LogP contribution in [0.1, 0.15) is 23.7 Å². The molecule has 1 aliphatic heterocycles. The molecule has 6 nitrogen and oxygen atoms in total. The zero-order valence-electron chi connectivity index (χ0n) is 15.5. The van der Waals surface area contributed by atoms with Crippen LogP contribution >= 0.6 is 0 Å². The van der Waals surface area contributed by atoms with Gasteiger partial charge >= 0.3 is 0 Å². The minimum absolute atomic E-state index is 0.519. The summed E-state index contributed by atoms with van der Waals surface area (Å²) < 4.78 is 5.98. The molecule has 0 spiro atoms. The first-order valence-corrected chi connectivity index (χ1v) is 9.52. The van der Waals surface area contributed by atoms with Crippen molar-refractivity contribution < 1.29 is 4.42 Å². The van der Waals surface area contributed by atoms with Crippen LogP contribution in [0.2, 0.25) is 0 Å². The molecule has 1 aliphatic rings. The number of hydrogen-bond donors (Lipinski definition) is 1. The van der Waals surface area contributed by atoms with Crippen LogP contribution < -0.4 is 0 Å². The van der Waals surface area contributed by atoms with Gasteiger partial charge in [0.15, 0.2) is 5.76 Å². The SMILES string of the molecule is c1cc(-c2cc([C@H]3CCN(Cc4ccc(-c5ccn[nH]5)o4)C3)ccn2)ccn1. The van der Waals surface area contributed by atoms with Crippen molar-refractivity contribution in [3.8, 4) is 22.7 Å². The number of likely N-dealkylation sites (tertiary alicyclic amines) is 1. The number of pyridine rings is 2. The molecule has 1 N–H and O–H groups in total. The maximum Gasteiger partial charge on any atom is 0.152 e. The summed E-state index contributed by atoms with van der Waals surface area (Å²) in [4.78, 5) is 11.1. The average molecular weight is 371 g/mol. The Labute approximate surface area is 163 Å². The highest BCUT2D eigenvalue weighted by Gasteiger charge is 2.25. The van der Waals surface area contributed by atoms with Crippen LogP contribution in [0.25, 0.3) is 22.7 Å². The van der Waals surface area contributed by atoms with Crippen LogP contribution in [0.4, 0.5) is 0 Å². The van der Waals surface area contributed by atoms with Gasteiger partial charge in [-0.1, -0.05) is 0 Å². The van der Waals surface area contributed by atoms with Crippen molar-refractivity contribution in [3.05, 3.63) is 78.6 Å². The molecule has 1 atom stereocenters. The molecule has 0 aromatic carbocycles. The first kappa shape index (κ1) is 16.9. The molecule has 0 unspecified atom stereocenters. The molecule has 0 saturated carbocycles. The van der Waals surface area contributed by atoms with Crippen LogP contribution in [0, 0.1) is 0 Å². The number of aromatic amines is 1. The normalized spacial score (nSPS) is 17.2. The van der Waals surface area contributed by atoms with Gasteiger partial charge in [-0.2, -0.15) is 5.10 Å². The van der Waals surface area contributed by atoms with Gasteiger partial charge in [0, 0.05) is 36.9 Å². The quantitative estimate of drug-likeness (QED) is 0.571. The van der Waals surface area contributed by atoms with Crippen molar-refractivity contribution in [3.63, 3.8) is 0 Å². The fraction of sp³-hybridized carbons (Fsp3) is 0.227. The molecule has 0 radical (unpaired) electrons. The van der Waals surface area contributed by atoms with Crippen molar-refractivity contribution in [2.45, 2.75) is 18.9 Å². The van der Waals surface area contributed by atoms with E-state index in [-0.39, 0.29) is 0 Å². The molecule has 140 valence electrons. The molecule has 28 heavy (non-hydrogen) atoms. The van der Waals surface area contributed by atoms with Crippen LogP contribution in [0.5, 0.6) is 0 Å². The molecule has 0 amide bonds. The van der Waals surface area contributed by atoms with Gasteiger partial charge in [-0.05, 0) is 66.9 Å². The van der Waals surface area contributed by atoms with E-state index in [0.717, 1.165) is 54.5 Å². The van der Waals surface area contributed by atoms with Gasteiger partial charge in [0.1, 0.15) is 11.5 Å². The number of furan rings is 1. The van der Waals surface area contributed by atoms with Gasteiger partial charge in [0.25, 0.3) is 0 Å². The molecular weight excluding hydrogens is 350 g/mol. The lowest BCUT2D eigenvalue weighted by Crippen LogP contribution is -2.19. The Morgan fingerprint density at radius 2 is 1.96 bits per heavy atom. The summed E-state index contributed by atoms with van der Waals surface area (Å²) in [7, 11) is 0. The monoisotopic (exact) mass is 371 g/mol. The molecule has 4 aromatic rings. The lowest BCUT2D eigenvalue weighted by Gasteiger charge is -2.15. The molecule has 0 bridgehead atoms. The highest BCUT2D eigenvalue weighted by molar-refractivity contribution is 5.59. The molecule has 5 rings (SSSR count). The second-order valence-electron chi connectivity index (χ2n) is 7.17. The Morgan fingerprint density at radius 3 is 2.82 bits per heavy atom. The number of nitrogens with one attached hydrogen (secondary N) is 1. The van der Waals surface area contributed by atoms with E-state index in [1.165, 1.54) is 5.56 Å². The van der Waals surface area contributed by atoms with Gasteiger partial charge in [0.05, 0.1) is 12.2 Å². The number of nitrogens with zero attached hydrogens (tertiary/aromatic N) is 4. The smallest absolute Gasteiger partial charge is 0.152 e. The van der Waals surface area contributed by atoms with Crippen LogP contribution in [0.3, 0.4) is 0 Å². The molecule has 6 heteroatoms. The fourth-order valence-corrected chi connectivity index (χ4v) is 3.85. The Bertz CT molecular complexity index is 1040. The van der Waals surface area contributed by atoms with Crippen LogP contribution in [0.15, 0.2) is 71.7 Å². The standard InChI is InChI=1S/C22H21N5O/c1-2-22(20-6-11-25-26-20)28-19(1)15-27-12-7-18(14-27)17-5-10-24-21(13-17)16-3-8-23-9-4-16/h1-6,8-11,13,18H,7,12,14-15H2,(H,25,26)/t18-/m0/s1. The average Bonchev–Trinajstić information content (AvgIpc) is 3.51. The van der Waals surface area contributed by atoms with Crippen molar-refractivity contribution >= 4 is 0 Å². The summed E-state index contributed by atoms with van der Waals surface area (Å²) in [6, 6.07) is 14.3. The van der Waals surface area contributed by atoms with Gasteiger partial charge < -0.3 is 4.42 Å². The second-order valence-corrected chi connectivity index (χ2v) is 7.17. The van der Waals surface area contributed by atoms with E-state index >= 15 is 0 Å². The van der Waals surface area contributed by atoms with Gasteiger partial charge in [-0.15, -0.1) is 0 Å². The summed E-state index contributed by atoms with van der Waals surface area (Å²) in [6.45, 7) is 2.92. The Kier molecular flexibility index (Phi) is 4.47. The first-order chi connectivity index (χ1) is 13.8. The number of H-pyrrole nitrogens is 1. The first-order valence-electron chi connectivity index (χ1n) is 9.52. The van der Waals surface area contributed by atoms with Crippen molar-refractivity contribution in [1.29, 1.82) is 0 Å². The minimum atomic E-state index is 0.519. The largest absolute Gasteiger partial charge is 0.458 e. The Balaban J connectivity index is 1.26. The molecule has 1 fully saturated rings. The summed E-state index contributed by atoms with van der Waals surface area (Å²) >= 11 is 0. The zero-order chi connectivity index (χ0) is 18.8. The number of aromatic nitrogens is 4. The summed E-state index contributed by atoms with van der Waals surface area (Å²) in [5.41, 5.74) is 4.37. The third-order valence-corrected chi connectivity index (χ3v) is 5.31. The van der Waals surface area contributed by atoms with E-state index in [1.54, 1.807) is 6.20 Å². The van der Waals surface area contributed by atoms with E-state index in [4.69, 9.17) is 4.42 Å². The van der Waals surface area contributed by atoms with Gasteiger partial charge in [-0.25, -0.2) is 0 Å². The Morgan fingerprint density at radius 1 is 1.04 bits per heavy atom. The number of rotatable bonds is 5. The lowest BCUT2D eigenvalue weighted by atomic mass is 9.98. The topological polar surface area (TPSA) is 70.8 Å². The minimum Gasteiger partial charge on any atom is -0.458 e. The lowest BCUT2D eigenvalue weighted by molar-refractivity contribution is 0.295. The van der Waals surface area contributed by atoms with Crippen molar-refractivity contribution in [2.24, 2.45) is 0 Å². The van der Waals surface area contributed by atoms with E-state index in [1.807, 2.05) is 42.9 Å². The van der Waals surface area contributed by atoms with Crippen LogP contribution in [-0.2, 0) is 6.54 Å². The summed E-state index contributed by atoms with van der Waals surface area (Å²) in [6.07, 6.45) is 8.41. The third-order valence-electron chi connectivity index (χ3n) is 5.31. The maximum atomic E-state index is 5.98. The highest BCUT2D eigenvalue weighted by atomic mass is 16.3. The van der Waals surface area contributed by atoms with Crippen molar-refractivity contribution in [1.82, 2.24) is 25.1 Å². The molecule has 0 aliphatic carbocycles. The molecule has 1 saturated heterocycles. The predicted octanol–water partition coefficient (Wildman–Crippen LogP) is 4.12. The van der Waals surface area contributed by atoms with Gasteiger partial charge in [-0.3, -0.25) is 20.0 Å². The maximum absolute atomic E-state index is 5.98. The second kappa shape index (κ2) is 7.40. The molecule has 5 heterocycles. The highest BCUT2D eigenvalue weighted by Crippen LogP contribution is 2.30. The van der Waals surface area contributed by atoms with E-state index in [2.05, 4.69) is 43.3 Å². The summed E-state index contributed by atoms with van der Waals surface area (Å²) in [5.74, 6) is 2.34. The Hall–Kier alpha value is -3.25.